The van der Waals surface area contributed by atoms with Crippen LogP contribution < -0.4 is 0 Å². The number of carbonyl (C=O) groups excluding carboxylic acids is 1. The summed E-state index contributed by atoms with van der Waals surface area (Å²) >= 11 is 0. The lowest BCUT2D eigenvalue weighted by molar-refractivity contribution is -0.139. The van der Waals surface area contributed by atoms with Crippen molar-refractivity contribution >= 4 is 11.8 Å². The molecule has 0 radical (unpaired) electrons. The maximum atomic E-state index is 9.87. The largest absolute Gasteiger partial charge is 0.481 e. The van der Waals surface area contributed by atoms with Crippen LogP contribution in [0.15, 0.2) is 12.2 Å². The first-order valence-electron chi connectivity index (χ1n) is 3.87. The number of aliphatic carboxylic acids is 1. The van der Waals surface area contributed by atoms with Gasteiger partial charge in [0, 0.05) is 0 Å². The summed E-state index contributed by atoms with van der Waals surface area (Å²) < 4.78 is 0. The Labute approximate surface area is 73.1 Å². The highest BCUT2D eigenvalue weighted by Crippen LogP contribution is 1.77. The van der Waals surface area contributed by atoms with Gasteiger partial charge in [0.25, 0.3) is 0 Å². The number of Topliss-reactive ketones (excluding diaryl/α,β-unsaturated/α-hetero) is 1. The van der Waals surface area contributed by atoms with Crippen molar-refractivity contribution in [1.82, 2.24) is 0 Å². The molecule has 0 heterocycles. The zero-order valence-electron chi connectivity index (χ0n) is 7.83. The normalized spacial score (nSPS) is 8.92. The molecule has 0 amide bonds. The Morgan fingerprint density at radius 3 is 1.92 bits per heavy atom. The molecule has 0 bridgehead atoms. The molecule has 0 aliphatic heterocycles. The quantitative estimate of drug-likeness (QED) is 0.523. The second kappa shape index (κ2) is 9.88. The summed E-state index contributed by atoms with van der Waals surface area (Å²) in [5, 5.41) is 7.86. The number of carbonyl (C=O) groups is 2. The molecule has 0 aromatic heterocycles. The minimum Gasteiger partial charge on any atom is -0.481 e. The first-order valence-corrected chi connectivity index (χ1v) is 3.87. The summed E-state index contributed by atoms with van der Waals surface area (Å²) in [5.41, 5.74) is 0. The zero-order valence-corrected chi connectivity index (χ0v) is 7.83. The number of allylic oxidation sites excluding steroid dienone is 2. The Bertz CT molecular complexity index is 147. The number of ketones is 1. The number of carboxylic acids is 1. The van der Waals surface area contributed by atoms with Crippen LogP contribution in [0.4, 0.5) is 0 Å². The Morgan fingerprint density at radius 2 is 1.92 bits per heavy atom. The van der Waals surface area contributed by atoms with E-state index < -0.39 is 5.97 Å². The van der Waals surface area contributed by atoms with Gasteiger partial charge in [0.15, 0.2) is 0 Å². The average Bonchev–Trinajstić information content (AvgIpc) is 1.87. The van der Waals surface area contributed by atoms with Crippen molar-refractivity contribution in [2.24, 2.45) is 0 Å². The summed E-state index contributed by atoms with van der Waals surface area (Å²) in [5.74, 6) is -1.37. The van der Waals surface area contributed by atoms with Crippen LogP contribution in [-0.4, -0.2) is 16.9 Å². The second-order valence-electron chi connectivity index (χ2n) is 2.25. The van der Waals surface area contributed by atoms with Crippen LogP contribution in [0.3, 0.4) is 0 Å². The van der Waals surface area contributed by atoms with Gasteiger partial charge in [0.2, 0.25) is 0 Å². The molecule has 0 fully saturated rings. The maximum absolute atomic E-state index is 9.87. The third-order valence-corrected chi connectivity index (χ3v) is 0.872. The lowest BCUT2D eigenvalue weighted by atomic mass is 10.3. The molecule has 1 N–H and O–H groups in total. The molecule has 0 rings (SSSR count). The van der Waals surface area contributed by atoms with Gasteiger partial charge in [-0.05, 0) is 20.3 Å². The standard InChI is InChI=1S/C5H10.C4H6O3/c1-3-5-4-2;1-3(5)2-4(6)7/h3,5H,4H2,1-2H3;2H2,1H3,(H,6,7). The SMILES string of the molecule is CC(=O)CC(=O)O.CC=CCC. The van der Waals surface area contributed by atoms with E-state index in [-0.39, 0.29) is 12.2 Å². The van der Waals surface area contributed by atoms with Crippen LogP contribution in [0, 0.1) is 0 Å². The van der Waals surface area contributed by atoms with Gasteiger partial charge in [0.1, 0.15) is 12.2 Å². The minimum absolute atomic E-state index is 0.312. The molecular formula is C9H16O3. The molecule has 3 nitrogen and oxygen atoms in total. The van der Waals surface area contributed by atoms with E-state index in [4.69, 9.17) is 5.11 Å². The molecule has 0 aromatic carbocycles. The van der Waals surface area contributed by atoms with Gasteiger partial charge in [-0.25, -0.2) is 0 Å². The van der Waals surface area contributed by atoms with Gasteiger partial charge in [-0.15, -0.1) is 0 Å². The monoisotopic (exact) mass is 172 g/mol. The van der Waals surface area contributed by atoms with Crippen molar-refractivity contribution in [2.45, 2.75) is 33.6 Å². The minimum atomic E-state index is -1.06. The van der Waals surface area contributed by atoms with Gasteiger partial charge in [-0.1, -0.05) is 19.1 Å². The van der Waals surface area contributed by atoms with Crippen LogP contribution in [0.2, 0.25) is 0 Å². The molecule has 12 heavy (non-hydrogen) atoms. The fourth-order valence-corrected chi connectivity index (χ4v) is 0.449. The van der Waals surface area contributed by atoms with Crippen molar-refractivity contribution in [3.05, 3.63) is 12.2 Å². The number of carboxylic acid groups (broad SMARTS) is 1. The van der Waals surface area contributed by atoms with Gasteiger partial charge in [-0.2, -0.15) is 0 Å². The van der Waals surface area contributed by atoms with Gasteiger partial charge >= 0.3 is 5.97 Å². The third kappa shape index (κ3) is 23.2. The van der Waals surface area contributed by atoms with E-state index in [1.165, 1.54) is 6.92 Å². The van der Waals surface area contributed by atoms with E-state index in [1.54, 1.807) is 0 Å². The zero-order chi connectivity index (χ0) is 9.98. The molecule has 0 saturated heterocycles. The van der Waals surface area contributed by atoms with Gasteiger partial charge < -0.3 is 5.11 Å². The third-order valence-electron chi connectivity index (χ3n) is 0.872. The molecular weight excluding hydrogens is 156 g/mol. The highest BCUT2D eigenvalue weighted by atomic mass is 16.4. The molecule has 70 valence electrons. The van der Waals surface area contributed by atoms with E-state index in [0.29, 0.717) is 0 Å². The predicted molar refractivity (Wildman–Crippen MR) is 48.0 cm³/mol. The molecule has 0 saturated carbocycles. The number of hydrogen-bond acceptors (Lipinski definition) is 2. The second-order valence-corrected chi connectivity index (χ2v) is 2.25. The van der Waals surface area contributed by atoms with E-state index in [0.717, 1.165) is 6.42 Å². The number of hydrogen-bond donors (Lipinski definition) is 1. The predicted octanol–water partition coefficient (Wildman–Crippen LogP) is 2.02. The molecule has 3 heteroatoms. The van der Waals surface area contributed by atoms with Gasteiger partial charge in [0.05, 0.1) is 0 Å². The van der Waals surface area contributed by atoms with E-state index >= 15 is 0 Å². The van der Waals surface area contributed by atoms with Crippen molar-refractivity contribution in [2.75, 3.05) is 0 Å². The molecule has 0 aromatic rings. The highest BCUT2D eigenvalue weighted by Gasteiger charge is 1.98. The van der Waals surface area contributed by atoms with Crippen molar-refractivity contribution in [3.8, 4) is 0 Å². The fourth-order valence-electron chi connectivity index (χ4n) is 0.449. The van der Waals surface area contributed by atoms with Crippen LogP contribution in [0.5, 0.6) is 0 Å². The number of rotatable bonds is 3. The molecule has 0 atom stereocenters. The lowest BCUT2D eigenvalue weighted by Gasteiger charge is -1.80. The smallest absolute Gasteiger partial charge is 0.310 e. The molecule has 0 aliphatic rings. The molecule has 0 unspecified atom stereocenters. The lowest BCUT2D eigenvalue weighted by Crippen LogP contribution is -2.00. The van der Waals surface area contributed by atoms with Crippen LogP contribution in [0.25, 0.3) is 0 Å². The Hall–Kier alpha value is -1.12. The van der Waals surface area contributed by atoms with Crippen molar-refractivity contribution in [1.29, 1.82) is 0 Å². The Kier molecular flexibility index (Phi) is 11.1. The summed E-state index contributed by atoms with van der Waals surface area (Å²) in [7, 11) is 0. The average molecular weight is 172 g/mol. The first kappa shape index (κ1) is 13.5. The maximum Gasteiger partial charge on any atom is 0.310 e. The topological polar surface area (TPSA) is 54.4 Å². The summed E-state index contributed by atoms with van der Waals surface area (Å²) in [6, 6.07) is 0. The van der Waals surface area contributed by atoms with Crippen LogP contribution >= 0.6 is 0 Å². The van der Waals surface area contributed by atoms with E-state index in [9.17, 15) is 9.59 Å². The van der Waals surface area contributed by atoms with E-state index in [1.807, 2.05) is 6.92 Å². The fraction of sp³-hybridized carbons (Fsp3) is 0.556. The van der Waals surface area contributed by atoms with Gasteiger partial charge in [-0.3, -0.25) is 9.59 Å². The van der Waals surface area contributed by atoms with Crippen molar-refractivity contribution in [3.63, 3.8) is 0 Å². The summed E-state index contributed by atoms with van der Waals surface area (Å²) in [6.45, 7) is 5.40. The molecule has 0 spiro atoms. The Morgan fingerprint density at radius 1 is 1.42 bits per heavy atom. The van der Waals surface area contributed by atoms with Crippen LogP contribution in [0.1, 0.15) is 33.6 Å². The Balaban J connectivity index is 0. The summed E-state index contributed by atoms with van der Waals surface area (Å²) in [4.78, 5) is 19.5. The van der Waals surface area contributed by atoms with Crippen LogP contribution in [-0.2, 0) is 9.59 Å². The summed E-state index contributed by atoms with van der Waals surface area (Å²) in [6.07, 6.45) is 4.98. The highest BCUT2D eigenvalue weighted by molar-refractivity contribution is 5.93. The molecule has 0 aliphatic carbocycles. The van der Waals surface area contributed by atoms with E-state index in [2.05, 4.69) is 19.1 Å². The van der Waals surface area contributed by atoms with Crippen molar-refractivity contribution < 1.29 is 14.7 Å². The first-order chi connectivity index (χ1) is 5.54.